The number of aliphatic hydroxyl groups is 3. The van der Waals surface area contributed by atoms with Crippen LogP contribution >= 0.6 is 0 Å². The molecule has 0 aliphatic heterocycles. The number of likely N-dealkylation sites (N-methyl/N-ethyl adjacent to an activating group) is 1. The Hall–Kier alpha value is -3.41. The number of carbonyl (C=O) groups excluding carboxylic acids is 3. The molecule has 0 spiro atoms. The maximum atomic E-state index is 13.9. The van der Waals surface area contributed by atoms with E-state index < -0.39 is 58.0 Å². The van der Waals surface area contributed by atoms with Gasteiger partial charge in [0.25, 0.3) is 5.91 Å². The Labute approximate surface area is 227 Å². The fourth-order valence-corrected chi connectivity index (χ4v) is 6.59. The lowest BCUT2D eigenvalue weighted by atomic mass is 9.58. The number of nitrogens with one attached hydrogen (secondary N) is 1. The maximum absolute atomic E-state index is 13.9. The number of phenolic OH excluding ortho intramolecular Hbond substituents is 1. The summed E-state index contributed by atoms with van der Waals surface area (Å²) in [6, 6.07) is 0.509. The van der Waals surface area contributed by atoms with Crippen molar-refractivity contribution in [1.82, 2.24) is 10.2 Å². The van der Waals surface area contributed by atoms with Gasteiger partial charge in [0.1, 0.15) is 22.8 Å². The van der Waals surface area contributed by atoms with Crippen molar-refractivity contribution >= 4 is 23.2 Å². The second kappa shape index (κ2) is 10.3. The number of hydrogen-bond acceptors (Lipinski definition) is 10. The van der Waals surface area contributed by atoms with E-state index in [1.807, 2.05) is 19.0 Å². The van der Waals surface area contributed by atoms with Gasteiger partial charge in [-0.05, 0) is 63.0 Å². The van der Waals surface area contributed by atoms with Gasteiger partial charge >= 0.3 is 0 Å². The van der Waals surface area contributed by atoms with Gasteiger partial charge in [0, 0.05) is 37.8 Å². The Morgan fingerprint density at radius 1 is 1.18 bits per heavy atom. The number of amides is 1. The highest BCUT2D eigenvalue weighted by Gasteiger charge is 2.63. The van der Waals surface area contributed by atoms with Gasteiger partial charge in [-0.3, -0.25) is 19.3 Å². The lowest BCUT2D eigenvalue weighted by Crippen LogP contribution is -2.63. The van der Waals surface area contributed by atoms with E-state index in [0.717, 1.165) is 30.6 Å². The number of hydrogen-bond donors (Lipinski definition) is 6. The number of fused-ring (bicyclic) bond motifs is 3. The van der Waals surface area contributed by atoms with Crippen molar-refractivity contribution in [3.63, 3.8) is 0 Å². The summed E-state index contributed by atoms with van der Waals surface area (Å²) < 4.78 is 0. The van der Waals surface area contributed by atoms with Crippen molar-refractivity contribution in [3.8, 4) is 5.75 Å². The number of primary amides is 1. The molecule has 0 saturated carbocycles. The van der Waals surface area contributed by atoms with Crippen LogP contribution in [0, 0.1) is 11.8 Å². The smallest absolute Gasteiger partial charge is 0.255 e. The molecular weight excluding hydrogens is 504 g/mol. The molecule has 11 heteroatoms. The lowest BCUT2D eigenvalue weighted by molar-refractivity contribution is -0.148. The standard InChI is InChI=1S/C28H38N4O7/c1-6-7-8-30-12-14-11-17(33)19-15(21(14)31(2)3)9-13-10-16-22(32(4)5)24(35)20(27(29)38)26(37)28(16,39)25(36)18(13)23(19)34/h11,13,16,22,30,33,35-36,39H,6-10,12H2,1-5H3,(H2,29,38)/t13-,16-,22-,28-/m0/s1. The number of Topliss-reactive ketones (excluding diaryl/α,β-unsaturated/α-hetero) is 2. The molecule has 1 amide bonds. The third kappa shape index (κ3) is 4.29. The van der Waals surface area contributed by atoms with Gasteiger partial charge in [0.15, 0.2) is 11.4 Å². The predicted molar refractivity (Wildman–Crippen MR) is 145 cm³/mol. The second-order valence-electron chi connectivity index (χ2n) is 11.1. The topological polar surface area (TPSA) is 177 Å². The fraction of sp³-hybridized carbons (Fsp3) is 0.536. The lowest BCUT2D eigenvalue weighted by Gasteiger charge is -2.50. The Bertz CT molecular complexity index is 1300. The van der Waals surface area contributed by atoms with Crippen LogP contribution < -0.4 is 16.0 Å². The van der Waals surface area contributed by atoms with Crippen molar-refractivity contribution in [2.24, 2.45) is 17.6 Å². The number of phenols is 1. The van der Waals surface area contributed by atoms with Gasteiger partial charge in [-0.2, -0.15) is 0 Å². The summed E-state index contributed by atoms with van der Waals surface area (Å²) in [6.07, 6.45) is 2.33. The van der Waals surface area contributed by atoms with Crippen molar-refractivity contribution in [2.75, 3.05) is 39.6 Å². The van der Waals surface area contributed by atoms with Gasteiger partial charge in [0.05, 0.1) is 11.6 Å². The highest BCUT2D eigenvalue weighted by Crippen LogP contribution is 2.53. The first-order chi connectivity index (χ1) is 18.3. The van der Waals surface area contributed by atoms with Crippen LogP contribution in [-0.4, -0.2) is 89.2 Å². The van der Waals surface area contributed by atoms with Crippen molar-refractivity contribution in [1.29, 1.82) is 0 Å². The molecule has 3 aliphatic carbocycles. The molecule has 1 aromatic rings. The Morgan fingerprint density at radius 3 is 2.41 bits per heavy atom. The first kappa shape index (κ1) is 28.6. The third-order valence-corrected chi connectivity index (χ3v) is 8.24. The van der Waals surface area contributed by atoms with Crippen molar-refractivity contribution in [3.05, 3.63) is 45.4 Å². The van der Waals surface area contributed by atoms with Crippen LogP contribution in [0.1, 0.15) is 47.7 Å². The highest BCUT2D eigenvalue weighted by molar-refractivity contribution is 6.24. The van der Waals surface area contributed by atoms with Crippen LogP contribution in [-0.2, 0) is 22.6 Å². The summed E-state index contributed by atoms with van der Waals surface area (Å²) in [5.41, 5.74) is 3.97. The minimum Gasteiger partial charge on any atom is -0.510 e. The number of aromatic hydroxyl groups is 1. The van der Waals surface area contributed by atoms with Gasteiger partial charge in [-0.25, -0.2) is 0 Å². The summed E-state index contributed by atoms with van der Waals surface area (Å²) in [4.78, 5) is 42.8. The van der Waals surface area contributed by atoms with E-state index in [4.69, 9.17) is 5.73 Å². The Kier molecular flexibility index (Phi) is 7.54. The van der Waals surface area contributed by atoms with Crippen molar-refractivity contribution < 1.29 is 34.8 Å². The second-order valence-corrected chi connectivity index (χ2v) is 11.1. The van der Waals surface area contributed by atoms with E-state index in [9.17, 15) is 34.8 Å². The Morgan fingerprint density at radius 2 is 1.85 bits per heavy atom. The van der Waals surface area contributed by atoms with Crippen molar-refractivity contribution in [2.45, 2.75) is 50.8 Å². The van der Waals surface area contributed by atoms with E-state index in [0.29, 0.717) is 12.1 Å². The average Bonchev–Trinajstić information content (AvgIpc) is 2.83. The number of nitrogens with zero attached hydrogens (tertiary/aromatic N) is 2. The predicted octanol–water partition coefficient (Wildman–Crippen LogP) is 1.08. The number of carbonyl (C=O) groups is 3. The minimum atomic E-state index is -2.65. The Balaban J connectivity index is 1.89. The van der Waals surface area contributed by atoms with Gasteiger partial charge in [-0.15, -0.1) is 0 Å². The number of ketones is 2. The highest BCUT2D eigenvalue weighted by atomic mass is 16.3. The van der Waals surface area contributed by atoms with E-state index in [-0.39, 0.29) is 29.7 Å². The molecule has 0 radical (unpaired) electrons. The molecule has 0 heterocycles. The first-order valence-corrected chi connectivity index (χ1v) is 13.2. The molecule has 4 atom stereocenters. The molecule has 0 fully saturated rings. The zero-order valence-corrected chi connectivity index (χ0v) is 23.0. The minimum absolute atomic E-state index is 0.0109. The largest absolute Gasteiger partial charge is 0.510 e. The van der Waals surface area contributed by atoms with Gasteiger partial charge in [-0.1, -0.05) is 13.3 Å². The number of benzene rings is 1. The molecule has 4 rings (SSSR count). The zero-order valence-electron chi connectivity index (χ0n) is 23.0. The molecule has 39 heavy (non-hydrogen) atoms. The molecule has 3 aliphatic rings. The summed E-state index contributed by atoms with van der Waals surface area (Å²) >= 11 is 0. The molecule has 212 valence electrons. The summed E-state index contributed by atoms with van der Waals surface area (Å²) in [6.45, 7) is 3.38. The van der Waals surface area contributed by atoms with E-state index in [1.165, 1.54) is 11.0 Å². The number of rotatable bonds is 8. The normalized spacial score (nSPS) is 26.5. The quantitative estimate of drug-likeness (QED) is 0.206. The third-order valence-electron chi connectivity index (χ3n) is 8.24. The van der Waals surface area contributed by atoms with Gasteiger partial charge < -0.3 is 36.4 Å². The average molecular weight is 543 g/mol. The van der Waals surface area contributed by atoms with Crippen LogP contribution in [0.15, 0.2) is 28.7 Å². The fourth-order valence-electron chi connectivity index (χ4n) is 6.59. The number of allylic oxidation sites excluding steroid dienone is 1. The first-order valence-electron chi connectivity index (χ1n) is 13.2. The summed E-state index contributed by atoms with van der Waals surface area (Å²) in [5, 5.41) is 48.4. The van der Waals surface area contributed by atoms with E-state index in [1.54, 1.807) is 14.1 Å². The molecule has 1 aromatic carbocycles. The molecule has 0 saturated heterocycles. The van der Waals surface area contributed by atoms with E-state index in [2.05, 4.69) is 12.2 Å². The van der Waals surface area contributed by atoms with Gasteiger partial charge in [0.2, 0.25) is 5.78 Å². The molecule has 0 bridgehead atoms. The molecule has 0 aromatic heterocycles. The van der Waals surface area contributed by atoms with Crippen LogP contribution in [0.4, 0.5) is 5.69 Å². The molecule has 11 nitrogen and oxygen atoms in total. The monoisotopic (exact) mass is 542 g/mol. The van der Waals surface area contributed by atoms with Crippen LogP contribution in [0.25, 0.3) is 0 Å². The van der Waals surface area contributed by atoms with Crippen LogP contribution in [0.2, 0.25) is 0 Å². The number of anilines is 1. The van der Waals surface area contributed by atoms with Crippen LogP contribution in [0.5, 0.6) is 5.75 Å². The number of nitrogens with two attached hydrogens (primary N) is 1. The molecule has 7 N–H and O–H groups in total. The SMILES string of the molecule is CCCCNCc1cc(O)c2c(c1N(C)C)C[C@H]1C[C@H]3[C@H](N(C)C)C(O)=C(C(N)=O)C(=O)[C@@]3(O)C(O)=C1C2=O. The number of unbranched alkanes of at least 4 members (excludes halogenated alkanes) is 1. The molecule has 0 unspecified atom stereocenters. The molecular formula is C28H38N4O7. The summed E-state index contributed by atoms with van der Waals surface area (Å²) in [5.74, 6) is -6.55. The summed E-state index contributed by atoms with van der Waals surface area (Å²) in [7, 11) is 6.91. The zero-order chi connectivity index (χ0) is 29.0. The van der Waals surface area contributed by atoms with E-state index >= 15 is 0 Å². The van der Waals surface area contributed by atoms with Crippen LogP contribution in [0.3, 0.4) is 0 Å². The number of aliphatic hydroxyl groups excluding tert-OH is 2. The maximum Gasteiger partial charge on any atom is 0.255 e.